The van der Waals surface area contributed by atoms with E-state index in [4.69, 9.17) is 5.84 Å². The van der Waals surface area contributed by atoms with Crippen molar-refractivity contribution in [1.82, 2.24) is 5.01 Å². The molecule has 3 N–H and O–H groups in total. The summed E-state index contributed by atoms with van der Waals surface area (Å²) in [4.78, 5) is 0. The fraction of sp³-hybridized carbons (Fsp3) is 0.455. The van der Waals surface area contributed by atoms with E-state index in [0.717, 1.165) is 5.56 Å². The quantitative estimate of drug-likeness (QED) is 0.552. The fourth-order valence-electron chi connectivity index (χ4n) is 1.54. The van der Waals surface area contributed by atoms with E-state index in [-0.39, 0.29) is 12.5 Å². The Balaban J connectivity index is 2.78. The average Bonchev–Trinajstić information content (AvgIpc) is 2.14. The van der Waals surface area contributed by atoms with Gasteiger partial charge in [0, 0.05) is 19.5 Å². The number of nitrogens with zero attached hydrogens (tertiary/aromatic N) is 1. The zero-order valence-electron chi connectivity index (χ0n) is 8.77. The van der Waals surface area contributed by atoms with Crippen molar-refractivity contribution in [2.75, 3.05) is 20.2 Å². The normalized spacial score (nSPS) is 13.2. The molecule has 0 saturated carbocycles. The van der Waals surface area contributed by atoms with Crippen LogP contribution >= 0.6 is 0 Å². The van der Waals surface area contributed by atoms with Crippen molar-refractivity contribution in [3.8, 4) is 0 Å². The molecule has 0 spiro atoms. The van der Waals surface area contributed by atoms with Gasteiger partial charge in [-0.15, -0.1) is 0 Å². The Kier molecular flexibility index (Phi) is 4.07. The zero-order valence-corrected chi connectivity index (χ0v) is 8.77. The molecule has 0 aliphatic rings. The second-order valence-electron chi connectivity index (χ2n) is 3.73. The number of aliphatic hydroxyl groups is 1. The van der Waals surface area contributed by atoms with Crippen molar-refractivity contribution in [3.05, 3.63) is 35.4 Å². The molecule has 0 heterocycles. The van der Waals surface area contributed by atoms with Gasteiger partial charge in [-0.1, -0.05) is 29.8 Å². The van der Waals surface area contributed by atoms with E-state index in [1.165, 1.54) is 5.56 Å². The molecule has 0 aliphatic heterocycles. The van der Waals surface area contributed by atoms with Gasteiger partial charge in [0.2, 0.25) is 0 Å². The van der Waals surface area contributed by atoms with Crippen LogP contribution in [-0.2, 0) is 0 Å². The molecule has 1 aromatic rings. The third-order valence-electron chi connectivity index (χ3n) is 2.24. The van der Waals surface area contributed by atoms with Crippen molar-refractivity contribution in [1.29, 1.82) is 0 Å². The largest absolute Gasteiger partial charge is 0.396 e. The van der Waals surface area contributed by atoms with Crippen LogP contribution in [0.25, 0.3) is 0 Å². The van der Waals surface area contributed by atoms with Crippen LogP contribution in [-0.4, -0.2) is 30.3 Å². The lowest BCUT2D eigenvalue weighted by Gasteiger charge is -2.19. The summed E-state index contributed by atoms with van der Waals surface area (Å²) in [5.74, 6) is 5.67. The van der Waals surface area contributed by atoms with E-state index in [2.05, 4.69) is 6.07 Å². The molecule has 1 aromatic carbocycles. The SMILES string of the molecule is Cc1cccc(C(CO)CN(C)N)c1. The predicted octanol–water partition coefficient (Wildman–Crippen LogP) is 0.876. The van der Waals surface area contributed by atoms with Gasteiger partial charge in [-0.2, -0.15) is 0 Å². The van der Waals surface area contributed by atoms with Gasteiger partial charge in [-0.25, -0.2) is 5.01 Å². The number of hydrazine groups is 1. The van der Waals surface area contributed by atoms with E-state index >= 15 is 0 Å². The minimum Gasteiger partial charge on any atom is -0.396 e. The molecule has 0 aliphatic carbocycles. The highest BCUT2D eigenvalue weighted by molar-refractivity contribution is 5.25. The number of hydrogen-bond acceptors (Lipinski definition) is 3. The van der Waals surface area contributed by atoms with E-state index < -0.39 is 0 Å². The minimum atomic E-state index is 0.102. The lowest BCUT2D eigenvalue weighted by atomic mass is 9.98. The van der Waals surface area contributed by atoms with Crippen LogP contribution in [0.3, 0.4) is 0 Å². The number of benzene rings is 1. The number of hydrogen-bond donors (Lipinski definition) is 2. The van der Waals surface area contributed by atoms with E-state index in [1.807, 2.05) is 25.1 Å². The highest BCUT2D eigenvalue weighted by atomic mass is 16.3. The predicted molar refractivity (Wildman–Crippen MR) is 57.8 cm³/mol. The maximum Gasteiger partial charge on any atom is 0.0512 e. The van der Waals surface area contributed by atoms with E-state index in [0.29, 0.717) is 6.54 Å². The Morgan fingerprint density at radius 3 is 2.71 bits per heavy atom. The molecule has 3 heteroatoms. The van der Waals surface area contributed by atoms with Crippen LogP contribution in [0.5, 0.6) is 0 Å². The number of rotatable bonds is 4. The molecule has 0 aromatic heterocycles. The summed E-state index contributed by atoms with van der Waals surface area (Å²) in [5.41, 5.74) is 2.35. The third-order valence-corrected chi connectivity index (χ3v) is 2.24. The van der Waals surface area contributed by atoms with Gasteiger partial charge in [0.05, 0.1) is 6.61 Å². The first kappa shape index (κ1) is 11.2. The smallest absolute Gasteiger partial charge is 0.0512 e. The highest BCUT2D eigenvalue weighted by Crippen LogP contribution is 2.16. The van der Waals surface area contributed by atoms with Crippen molar-refractivity contribution < 1.29 is 5.11 Å². The Morgan fingerprint density at radius 1 is 1.50 bits per heavy atom. The summed E-state index contributed by atoms with van der Waals surface area (Å²) >= 11 is 0. The number of likely N-dealkylation sites (N-methyl/N-ethyl adjacent to an activating group) is 1. The Morgan fingerprint density at radius 2 is 2.21 bits per heavy atom. The van der Waals surface area contributed by atoms with E-state index in [9.17, 15) is 5.11 Å². The zero-order chi connectivity index (χ0) is 10.6. The van der Waals surface area contributed by atoms with Gasteiger partial charge in [0.1, 0.15) is 0 Å². The van der Waals surface area contributed by atoms with Gasteiger partial charge in [-0.3, -0.25) is 5.84 Å². The summed E-state index contributed by atoms with van der Waals surface area (Å²) in [5, 5.41) is 10.8. The standard InChI is InChI=1S/C11H18N2O/c1-9-4-3-5-10(6-9)11(8-14)7-13(2)12/h3-6,11,14H,7-8,12H2,1-2H3. The van der Waals surface area contributed by atoms with Crippen LogP contribution in [0, 0.1) is 6.92 Å². The maximum absolute atomic E-state index is 9.24. The number of aryl methyl sites for hydroxylation is 1. The summed E-state index contributed by atoms with van der Waals surface area (Å²) < 4.78 is 0. The Labute approximate surface area is 85.1 Å². The van der Waals surface area contributed by atoms with Crippen LogP contribution in [0.2, 0.25) is 0 Å². The molecule has 3 nitrogen and oxygen atoms in total. The molecule has 78 valence electrons. The summed E-state index contributed by atoms with van der Waals surface area (Å²) in [6.45, 7) is 2.84. The number of nitrogens with two attached hydrogens (primary N) is 1. The van der Waals surface area contributed by atoms with Crippen LogP contribution in [0.1, 0.15) is 17.0 Å². The lowest BCUT2D eigenvalue weighted by molar-refractivity contribution is 0.222. The molecule has 0 bridgehead atoms. The topological polar surface area (TPSA) is 49.5 Å². The molecule has 0 saturated heterocycles. The molecule has 1 atom stereocenters. The van der Waals surface area contributed by atoms with Crippen LogP contribution in [0.15, 0.2) is 24.3 Å². The Bertz CT molecular complexity index is 286. The monoisotopic (exact) mass is 194 g/mol. The van der Waals surface area contributed by atoms with Gasteiger partial charge in [0.25, 0.3) is 0 Å². The second-order valence-corrected chi connectivity index (χ2v) is 3.73. The van der Waals surface area contributed by atoms with Gasteiger partial charge < -0.3 is 5.11 Å². The van der Waals surface area contributed by atoms with Gasteiger partial charge in [-0.05, 0) is 12.5 Å². The molecular weight excluding hydrogens is 176 g/mol. The molecule has 0 amide bonds. The van der Waals surface area contributed by atoms with Crippen molar-refractivity contribution in [3.63, 3.8) is 0 Å². The summed E-state index contributed by atoms with van der Waals surface area (Å²) in [7, 11) is 1.80. The van der Waals surface area contributed by atoms with E-state index in [1.54, 1.807) is 12.1 Å². The second kappa shape index (κ2) is 5.10. The highest BCUT2D eigenvalue weighted by Gasteiger charge is 2.11. The molecule has 0 fully saturated rings. The van der Waals surface area contributed by atoms with Crippen molar-refractivity contribution in [2.45, 2.75) is 12.8 Å². The average molecular weight is 194 g/mol. The van der Waals surface area contributed by atoms with Crippen molar-refractivity contribution in [2.24, 2.45) is 5.84 Å². The first-order chi connectivity index (χ1) is 6.63. The third kappa shape index (κ3) is 3.10. The lowest BCUT2D eigenvalue weighted by Crippen LogP contribution is -2.32. The summed E-state index contributed by atoms with van der Waals surface area (Å²) in [6.07, 6.45) is 0. The molecule has 1 rings (SSSR count). The minimum absolute atomic E-state index is 0.102. The van der Waals surface area contributed by atoms with Crippen molar-refractivity contribution >= 4 is 0 Å². The molecular formula is C11H18N2O. The van der Waals surface area contributed by atoms with Gasteiger partial charge in [0.15, 0.2) is 0 Å². The Hall–Kier alpha value is -0.900. The first-order valence-corrected chi connectivity index (χ1v) is 4.76. The fourth-order valence-corrected chi connectivity index (χ4v) is 1.54. The molecule has 1 unspecified atom stereocenters. The molecule has 0 radical (unpaired) electrons. The summed E-state index contributed by atoms with van der Waals surface area (Å²) in [6, 6.07) is 8.16. The van der Waals surface area contributed by atoms with Crippen LogP contribution in [0.4, 0.5) is 0 Å². The molecule has 14 heavy (non-hydrogen) atoms. The first-order valence-electron chi connectivity index (χ1n) is 4.76. The van der Waals surface area contributed by atoms with Gasteiger partial charge >= 0.3 is 0 Å². The maximum atomic E-state index is 9.24. The number of aliphatic hydroxyl groups excluding tert-OH is 1. The van der Waals surface area contributed by atoms with Crippen LogP contribution < -0.4 is 5.84 Å².